The van der Waals surface area contributed by atoms with E-state index in [1.807, 2.05) is 0 Å². The van der Waals surface area contributed by atoms with Crippen molar-refractivity contribution in [1.82, 2.24) is 5.32 Å². The van der Waals surface area contributed by atoms with E-state index >= 15 is 0 Å². The molecule has 1 rings (SSSR count). The molecule has 0 aliphatic heterocycles. The number of ether oxygens (including phenoxy) is 1. The van der Waals surface area contributed by atoms with E-state index in [1.165, 1.54) is 18.2 Å². The van der Waals surface area contributed by atoms with Crippen LogP contribution < -0.4 is 5.32 Å². The summed E-state index contributed by atoms with van der Waals surface area (Å²) < 4.78 is 29.0. The molecule has 0 saturated heterocycles. The minimum absolute atomic E-state index is 0.0443. The molecule has 0 heterocycles. The highest BCUT2D eigenvalue weighted by molar-refractivity contribution is 7.91. The molecule has 114 valence electrons. The van der Waals surface area contributed by atoms with E-state index in [2.05, 4.69) is 5.32 Å². The summed E-state index contributed by atoms with van der Waals surface area (Å²) in [5, 5.41) is 13.1. The molecule has 20 heavy (non-hydrogen) atoms. The summed E-state index contributed by atoms with van der Waals surface area (Å²) in [5.41, 5.74) is 0. The Morgan fingerprint density at radius 2 is 2.05 bits per heavy atom. The van der Waals surface area contributed by atoms with Crippen molar-refractivity contribution in [3.8, 4) is 0 Å². The van der Waals surface area contributed by atoms with Gasteiger partial charge in [0.1, 0.15) is 0 Å². The lowest BCUT2D eigenvalue weighted by Gasteiger charge is -2.12. The highest BCUT2D eigenvalue weighted by Gasteiger charge is 2.20. The molecule has 0 aliphatic rings. The molecule has 0 fully saturated rings. The first-order chi connectivity index (χ1) is 9.36. The molecule has 2 N–H and O–H groups in total. The van der Waals surface area contributed by atoms with Crippen molar-refractivity contribution in [3.63, 3.8) is 0 Å². The van der Waals surface area contributed by atoms with E-state index in [-0.39, 0.29) is 27.2 Å². The number of rotatable bonds is 8. The van der Waals surface area contributed by atoms with Gasteiger partial charge >= 0.3 is 0 Å². The molecule has 0 spiro atoms. The predicted molar refractivity (Wildman–Crippen MR) is 79.3 cm³/mol. The SMILES string of the molecule is COCCNCC(O)CS(=O)(=O)c1ccc(Cl)c(Cl)c1. The smallest absolute Gasteiger partial charge is 0.181 e. The second-order valence-corrected chi connectivity index (χ2v) is 7.06. The van der Waals surface area contributed by atoms with Crippen molar-refractivity contribution in [2.45, 2.75) is 11.0 Å². The van der Waals surface area contributed by atoms with Gasteiger partial charge in [0.15, 0.2) is 9.84 Å². The molecule has 0 radical (unpaired) electrons. The first-order valence-corrected chi connectivity index (χ1v) is 8.33. The van der Waals surface area contributed by atoms with Crippen molar-refractivity contribution in [1.29, 1.82) is 0 Å². The van der Waals surface area contributed by atoms with Crippen molar-refractivity contribution in [3.05, 3.63) is 28.2 Å². The van der Waals surface area contributed by atoms with Crippen LogP contribution in [0.15, 0.2) is 23.1 Å². The number of hydrogen-bond acceptors (Lipinski definition) is 5. The van der Waals surface area contributed by atoms with Gasteiger partial charge in [-0.25, -0.2) is 8.42 Å². The van der Waals surface area contributed by atoms with Gasteiger partial charge in [0.2, 0.25) is 0 Å². The largest absolute Gasteiger partial charge is 0.391 e. The van der Waals surface area contributed by atoms with Crippen LogP contribution in [0.3, 0.4) is 0 Å². The minimum Gasteiger partial charge on any atom is -0.391 e. The third kappa shape index (κ3) is 5.55. The third-order valence-corrected chi connectivity index (χ3v) is 5.06. The number of aliphatic hydroxyl groups is 1. The molecular weight excluding hydrogens is 325 g/mol. The molecule has 8 heteroatoms. The lowest BCUT2D eigenvalue weighted by molar-refractivity contribution is 0.174. The summed E-state index contributed by atoms with van der Waals surface area (Å²) in [7, 11) is -2.04. The van der Waals surface area contributed by atoms with Crippen molar-refractivity contribution in [2.24, 2.45) is 0 Å². The van der Waals surface area contributed by atoms with E-state index in [1.54, 1.807) is 7.11 Å². The van der Waals surface area contributed by atoms with E-state index in [0.29, 0.717) is 13.2 Å². The molecule has 1 unspecified atom stereocenters. The number of halogens is 2. The zero-order chi connectivity index (χ0) is 15.2. The number of methoxy groups -OCH3 is 1. The van der Waals surface area contributed by atoms with Crippen LogP contribution in [0.2, 0.25) is 10.0 Å². The Morgan fingerprint density at radius 3 is 2.65 bits per heavy atom. The predicted octanol–water partition coefficient (Wildman–Crippen LogP) is 1.36. The van der Waals surface area contributed by atoms with Gasteiger partial charge in [-0.2, -0.15) is 0 Å². The van der Waals surface area contributed by atoms with Crippen molar-refractivity contribution in [2.75, 3.05) is 32.6 Å². The van der Waals surface area contributed by atoms with Crippen LogP contribution in [0.4, 0.5) is 0 Å². The van der Waals surface area contributed by atoms with Gasteiger partial charge in [-0.1, -0.05) is 23.2 Å². The summed E-state index contributed by atoms with van der Waals surface area (Å²) in [4.78, 5) is 0.0443. The van der Waals surface area contributed by atoms with Gasteiger partial charge in [-0.05, 0) is 18.2 Å². The number of nitrogens with one attached hydrogen (secondary N) is 1. The fourth-order valence-corrected chi connectivity index (χ4v) is 3.27. The molecule has 1 atom stereocenters. The summed E-state index contributed by atoms with van der Waals surface area (Å²) in [6.07, 6.45) is -1.01. The second kappa shape index (κ2) is 8.17. The highest BCUT2D eigenvalue weighted by Crippen LogP contribution is 2.25. The fourth-order valence-electron chi connectivity index (χ4n) is 1.52. The van der Waals surface area contributed by atoms with Crippen LogP contribution >= 0.6 is 23.2 Å². The molecule has 0 aromatic heterocycles. The van der Waals surface area contributed by atoms with Crippen LogP contribution in [0.5, 0.6) is 0 Å². The Kier molecular flexibility index (Phi) is 7.22. The van der Waals surface area contributed by atoms with E-state index < -0.39 is 15.9 Å². The lowest BCUT2D eigenvalue weighted by Crippen LogP contribution is -2.34. The maximum absolute atomic E-state index is 12.1. The van der Waals surface area contributed by atoms with E-state index in [9.17, 15) is 13.5 Å². The number of hydrogen-bond donors (Lipinski definition) is 2. The number of aliphatic hydroxyl groups excluding tert-OH is 1. The summed E-state index contributed by atoms with van der Waals surface area (Å²) in [5.74, 6) is -0.384. The topological polar surface area (TPSA) is 75.6 Å². The zero-order valence-corrected chi connectivity index (χ0v) is 13.3. The molecule has 5 nitrogen and oxygen atoms in total. The fraction of sp³-hybridized carbons (Fsp3) is 0.500. The summed E-state index contributed by atoms with van der Waals surface area (Å²) in [6.45, 7) is 1.20. The Balaban J connectivity index is 2.62. The van der Waals surface area contributed by atoms with Gasteiger partial charge in [-0.15, -0.1) is 0 Å². The first kappa shape index (κ1) is 17.7. The van der Waals surface area contributed by atoms with Gasteiger partial charge < -0.3 is 15.2 Å². The maximum Gasteiger partial charge on any atom is 0.181 e. The summed E-state index contributed by atoms with van der Waals surface area (Å²) in [6, 6.07) is 4.07. The van der Waals surface area contributed by atoms with Crippen LogP contribution in [0.25, 0.3) is 0 Å². The normalized spacial score (nSPS) is 13.4. The van der Waals surface area contributed by atoms with E-state index in [0.717, 1.165) is 0 Å². The van der Waals surface area contributed by atoms with Crippen LogP contribution in [-0.4, -0.2) is 52.2 Å². The summed E-state index contributed by atoms with van der Waals surface area (Å²) >= 11 is 11.5. The average molecular weight is 342 g/mol. The number of benzene rings is 1. The Labute approximate surface area is 128 Å². The molecule has 0 bridgehead atoms. The molecule has 1 aromatic rings. The van der Waals surface area contributed by atoms with Gasteiger partial charge in [0, 0.05) is 20.2 Å². The monoisotopic (exact) mass is 341 g/mol. The molecule has 0 saturated carbocycles. The maximum atomic E-state index is 12.1. The minimum atomic E-state index is -3.61. The first-order valence-electron chi connectivity index (χ1n) is 5.92. The van der Waals surface area contributed by atoms with Gasteiger partial charge in [-0.3, -0.25) is 0 Å². The Bertz CT molecular complexity index is 536. The Morgan fingerprint density at radius 1 is 1.35 bits per heavy atom. The molecule has 0 amide bonds. The quantitative estimate of drug-likeness (QED) is 0.698. The van der Waals surface area contributed by atoms with Crippen LogP contribution in [-0.2, 0) is 14.6 Å². The van der Waals surface area contributed by atoms with Crippen molar-refractivity contribution >= 4 is 33.0 Å². The Hall–Kier alpha value is -0.370. The van der Waals surface area contributed by atoms with Gasteiger partial charge in [0.25, 0.3) is 0 Å². The highest BCUT2D eigenvalue weighted by atomic mass is 35.5. The third-order valence-electron chi connectivity index (χ3n) is 2.52. The second-order valence-electron chi connectivity index (χ2n) is 4.21. The standard InChI is InChI=1S/C12H17Cl2NO4S/c1-19-5-4-15-7-9(16)8-20(17,18)10-2-3-11(13)12(14)6-10/h2-3,6,9,15-16H,4-5,7-8H2,1H3. The molecule has 1 aromatic carbocycles. The van der Waals surface area contributed by atoms with Crippen LogP contribution in [0.1, 0.15) is 0 Å². The van der Waals surface area contributed by atoms with E-state index in [4.69, 9.17) is 27.9 Å². The average Bonchev–Trinajstić information content (AvgIpc) is 2.37. The number of sulfone groups is 1. The lowest BCUT2D eigenvalue weighted by atomic mass is 10.4. The van der Waals surface area contributed by atoms with Crippen LogP contribution in [0, 0.1) is 0 Å². The molecular formula is C12H17Cl2NO4S. The zero-order valence-electron chi connectivity index (χ0n) is 11.0. The van der Waals surface area contributed by atoms with Crippen molar-refractivity contribution < 1.29 is 18.3 Å². The molecule has 0 aliphatic carbocycles. The van der Waals surface area contributed by atoms with Gasteiger partial charge in [0.05, 0.1) is 33.4 Å².